The third-order valence-corrected chi connectivity index (χ3v) is 6.51. The number of piperazine rings is 1. The van der Waals surface area contributed by atoms with Crippen molar-refractivity contribution in [2.75, 3.05) is 26.2 Å². The molecular weight excluding hydrogens is 410 g/mol. The fraction of sp³-hybridized carbons (Fsp3) is 0.500. The van der Waals surface area contributed by atoms with Crippen LogP contribution >= 0.6 is 15.9 Å². The molecule has 0 spiro atoms. The van der Waals surface area contributed by atoms with E-state index in [0.717, 1.165) is 4.47 Å². The molecule has 0 saturated carbocycles. The molecule has 1 aliphatic heterocycles. The van der Waals surface area contributed by atoms with Gasteiger partial charge in [-0.2, -0.15) is 4.31 Å². The number of hydrogen-bond acceptors (Lipinski definition) is 4. The summed E-state index contributed by atoms with van der Waals surface area (Å²) in [5.41, 5.74) is 0. The number of carbonyl (C=O) groups is 2. The molecule has 2 amide bonds. The number of nitrogens with zero attached hydrogens (tertiary/aromatic N) is 2. The Balaban J connectivity index is 1.98. The second-order valence-corrected chi connectivity index (χ2v) is 8.68. The average molecular weight is 432 g/mol. The van der Waals surface area contributed by atoms with Crippen molar-refractivity contribution in [1.29, 1.82) is 0 Å². The number of sulfonamides is 1. The molecule has 1 atom stereocenters. The maximum Gasteiger partial charge on any atom is 0.244 e. The Morgan fingerprint density at radius 2 is 1.72 bits per heavy atom. The lowest BCUT2D eigenvalue weighted by Crippen LogP contribution is -2.55. The molecular formula is C16H22BrN3O4S. The highest BCUT2D eigenvalue weighted by Gasteiger charge is 2.31. The third kappa shape index (κ3) is 4.80. The highest BCUT2D eigenvalue weighted by Crippen LogP contribution is 2.20. The molecule has 9 heteroatoms. The first-order valence-electron chi connectivity index (χ1n) is 8.09. The minimum absolute atomic E-state index is 0.183. The second kappa shape index (κ2) is 8.29. The van der Waals surface area contributed by atoms with Gasteiger partial charge in [0.25, 0.3) is 0 Å². The number of amides is 2. The molecule has 0 radical (unpaired) electrons. The zero-order valence-corrected chi connectivity index (χ0v) is 16.6. The van der Waals surface area contributed by atoms with E-state index in [1.54, 1.807) is 43.0 Å². The van der Waals surface area contributed by atoms with E-state index in [1.165, 1.54) is 4.31 Å². The van der Waals surface area contributed by atoms with Crippen LogP contribution in [-0.4, -0.2) is 61.7 Å². The summed E-state index contributed by atoms with van der Waals surface area (Å²) in [5.74, 6) is -0.375. The van der Waals surface area contributed by atoms with Crippen LogP contribution in [0.1, 0.15) is 20.3 Å². The van der Waals surface area contributed by atoms with E-state index >= 15 is 0 Å². The molecule has 1 aliphatic rings. The SMILES string of the molecule is CCC(=O)NC(C)C(=O)N1CCN(S(=O)(=O)c2ccc(Br)cc2)CC1. The smallest absolute Gasteiger partial charge is 0.244 e. The van der Waals surface area contributed by atoms with Gasteiger partial charge in [0.1, 0.15) is 6.04 Å². The van der Waals surface area contributed by atoms with Crippen LogP contribution < -0.4 is 5.32 Å². The topological polar surface area (TPSA) is 86.8 Å². The lowest BCUT2D eigenvalue weighted by atomic mass is 10.2. The first-order valence-corrected chi connectivity index (χ1v) is 10.3. The average Bonchev–Trinajstić information content (AvgIpc) is 2.61. The number of rotatable bonds is 5. The van der Waals surface area contributed by atoms with Crippen LogP contribution in [0.3, 0.4) is 0 Å². The van der Waals surface area contributed by atoms with Gasteiger partial charge in [-0.15, -0.1) is 0 Å². The predicted octanol–water partition coefficient (Wildman–Crippen LogP) is 1.20. The van der Waals surface area contributed by atoms with E-state index in [4.69, 9.17) is 0 Å². The maximum absolute atomic E-state index is 12.6. The van der Waals surface area contributed by atoms with Crippen molar-refractivity contribution in [2.24, 2.45) is 0 Å². The summed E-state index contributed by atoms with van der Waals surface area (Å²) in [6.07, 6.45) is 0.316. The van der Waals surface area contributed by atoms with Crippen LogP contribution in [0.4, 0.5) is 0 Å². The molecule has 138 valence electrons. The Morgan fingerprint density at radius 1 is 1.16 bits per heavy atom. The summed E-state index contributed by atoms with van der Waals surface area (Å²) in [6.45, 7) is 4.44. The molecule has 1 saturated heterocycles. The first kappa shape index (κ1) is 19.9. The van der Waals surface area contributed by atoms with E-state index in [0.29, 0.717) is 19.5 Å². The van der Waals surface area contributed by atoms with Gasteiger partial charge in [0.15, 0.2) is 0 Å². The summed E-state index contributed by atoms with van der Waals surface area (Å²) in [6, 6.07) is 5.87. The Labute approximate surface area is 156 Å². The molecule has 1 fully saturated rings. The first-order chi connectivity index (χ1) is 11.8. The van der Waals surface area contributed by atoms with Gasteiger partial charge < -0.3 is 10.2 Å². The van der Waals surface area contributed by atoms with E-state index in [9.17, 15) is 18.0 Å². The minimum Gasteiger partial charge on any atom is -0.345 e. The lowest BCUT2D eigenvalue weighted by Gasteiger charge is -2.35. The van der Waals surface area contributed by atoms with E-state index < -0.39 is 16.1 Å². The van der Waals surface area contributed by atoms with Gasteiger partial charge in [-0.05, 0) is 31.2 Å². The fourth-order valence-corrected chi connectivity index (χ4v) is 4.27. The van der Waals surface area contributed by atoms with Crippen LogP contribution in [0.5, 0.6) is 0 Å². The molecule has 7 nitrogen and oxygen atoms in total. The summed E-state index contributed by atoms with van der Waals surface area (Å²) in [5, 5.41) is 2.63. The number of benzene rings is 1. The molecule has 1 aromatic rings. The van der Waals surface area contributed by atoms with Crippen molar-refractivity contribution in [3.8, 4) is 0 Å². The van der Waals surface area contributed by atoms with Crippen molar-refractivity contribution < 1.29 is 18.0 Å². The Hall–Kier alpha value is -1.45. The molecule has 2 rings (SSSR count). The van der Waals surface area contributed by atoms with Crippen molar-refractivity contribution in [1.82, 2.24) is 14.5 Å². The highest BCUT2D eigenvalue weighted by atomic mass is 79.9. The second-order valence-electron chi connectivity index (χ2n) is 5.83. The fourth-order valence-electron chi connectivity index (χ4n) is 2.58. The van der Waals surface area contributed by atoms with Crippen LogP contribution in [0.15, 0.2) is 33.6 Å². The Bertz CT molecular complexity index is 728. The highest BCUT2D eigenvalue weighted by molar-refractivity contribution is 9.10. The molecule has 0 aliphatic carbocycles. The van der Waals surface area contributed by atoms with Crippen LogP contribution in [0, 0.1) is 0 Å². The van der Waals surface area contributed by atoms with Crippen LogP contribution in [0.2, 0.25) is 0 Å². The summed E-state index contributed by atoms with van der Waals surface area (Å²) in [4.78, 5) is 25.6. The van der Waals surface area contributed by atoms with Crippen molar-refractivity contribution in [3.63, 3.8) is 0 Å². The maximum atomic E-state index is 12.6. The van der Waals surface area contributed by atoms with Crippen molar-refractivity contribution in [2.45, 2.75) is 31.2 Å². The summed E-state index contributed by atoms with van der Waals surface area (Å²) < 4.78 is 27.5. The molecule has 0 aromatic heterocycles. The van der Waals surface area contributed by atoms with Gasteiger partial charge in [-0.25, -0.2) is 8.42 Å². The minimum atomic E-state index is -3.57. The molecule has 25 heavy (non-hydrogen) atoms. The molecule has 1 unspecified atom stereocenters. The van der Waals surface area contributed by atoms with Crippen molar-refractivity contribution in [3.05, 3.63) is 28.7 Å². The van der Waals surface area contributed by atoms with Gasteiger partial charge in [0.2, 0.25) is 21.8 Å². The van der Waals surface area contributed by atoms with E-state index in [2.05, 4.69) is 21.2 Å². The predicted molar refractivity (Wildman–Crippen MR) is 97.4 cm³/mol. The Morgan fingerprint density at radius 3 is 2.24 bits per heavy atom. The summed E-state index contributed by atoms with van der Waals surface area (Å²) in [7, 11) is -3.57. The van der Waals surface area contributed by atoms with Gasteiger partial charge in [0.05, 0.1) is 4.90 Å². The number of halogens is 1. The molecule has 1 aromatic carbocycles. The van der Waals surface area contributed by atoms with Gasteiger partial charge in [-0.3, -0.25) is 9.59 Å². The zero-order valence-electron chi connectivity index (χ0n) is 14.2. The van der Waals surface area contributed by atoms with Gasteiger partial charge in [-0.1, -0.05) is 22.9 Å². The number of nitrogens with one attached hydrogen (secondary N) is 1. The number of hydrogen-bond donors (Lipinski definition) is 1. The normalized spacial score (nSPS) is 17.2. The largest absolute Gasteiger partial charge is 0.345 e. The van der Waals surface area contributed by atoms with Crippen LogP contribution in [0.25, 0.3) is 0 Å². The quantitative estimate of drug-likeness (QED) is 0.758. The Kier molecular flexibility index (Phi) is 6.59. The zero-order chi connectivity index (χ0) is 18.6. The summed E-state index contributed by atoms with van der Waals surface area (Å²) >= 11 is 3.29. The van der Waals surface area contributed by atoms with E-state index in [1.807, 2.05) is 0 Å². The van der Waals surface area contributed by atoms with E-state index in [-0.39, 0.29) is 29.8 Å². The van der Waals surface area contributed by atoms with Crippen molar-refractivity contribution >= 4 is 37.8 Å². The molecule has 0 bridgehead atoms. The van der Waals surface area contributed by atoms with Crippen LogP contribution in [-0.2, 0) is 19.6 Å². The monoisotopic (exact) mass is 431 g/mol. The molecule has 1 N–H and O–H groups in total. The third-order valence-electron chi connectivity index (χ3n) is 4.07. The lowest BCUT2D eigenvalue weighted by molar-refractivity contribution is -0.136. The van der Waals surface area contributed by atoms with Gasteiger partial charge in [0, 0.05) is 37.1 Å². The molecule has 1 heterocycles. The van der Waals surface area contributed by atoms with Gasteiger partial charge >= 0.3 is 0 Å². The standard InChI is InChI=1S/C16H22BrN3O4S/c1-3-15(21)18-12(2)16(22)19-8-10-20(11-9-19)25(23,24)14-6-4-13(17)5-7-14/h4-7,12H,3,8-11H2,1-2H3,(H,18,21). The number of carbonyl (C=O) groups excluding carboxylic acids is 2.